The number of halogens is 9. The molecule has 2 aromatic rings. The number of methoxy groups -OCH3 is 1. The van der Waals surface area contributed by atoms with Gasteiger partial charge in [0.15, 0.2) is 0 Å². The van der Waals surface area contributed by atoms with Crippen molar-refractivity contribution in [2.45, 2.75) is 70.8 Å². The summed E-state index contributed by atoms with van der Waals surface area (Å²) >= 11 is 0. The van der Waals surface area contributed by atoms with E-state index in [4.69, 9.17) is 9.47 Å². The Bertz CT molecular complexity index is 1290. The predicted octanol–water partition coefficient (Wildman–Crippen LogP) is 8.83. The summed E-state index contributed by atoms with van der Waals surface area (Å²) in [6.07, 6.45) is -17.2. The highest BCUT2D eigenvalue weighted by atomic mass is 19.4. The summed E-state index contributed by atoms with van der Waals surface area (Å²) in [5.41, 5.74) is -5.26. The van der Waals surface area contributed by atoms with Gasteiger partial charge in [-0.25, -0.2) is 9.59 Å². The number of anilines is 1. The van der Waals surface area contributed by atoms with Gasteiger partial charge in [-0.15, -0.1) is 0 Å². The van der Waals surface area contributed by atoms with Gasteiger partial charge in [0.2, 0.25) is 0 Å². The quantitative estimate of drug-likeness (QED) is 0.300. The van der Waals surface area contributed by atoms with Crippen molar-refractivity contribution in [3.63, 3.8) is 0 Å². The molecule has 0 saturated heterocycles. The van der Waals surface area contributed by atoms with Crippen LogP contribution in [0.3, 0.4) is 0 Å². The van der Waals surface area contributed by atoms with Gasteiger partial charge < -0.3 is 9.47 Å². The van der Waals surface area contributed by atoms with E-state index in [2.05, 4.69) is 0 Å². The van der Waals surface area contributed by atoms with Gasteiger partial charge in [-0.05, 0) is 73.2 Å². The number of ether oxygens (including phenoxy) is 2. The Morgan fingerprint density at radius 1 is 0.907 bits per heavy atom. The Morgan fingerprint density at radius 3 is 1.93 bits per heavy atom. The molecule has 0 bridgehead atoms. The van der Waals surface area contributed by atoms with E-state index in [1.807, 2.05) is 0 Å². The second-order valence-electron chi connectivity index (χ2n) is 10.4. The van der Waals surface area contributed by atoms with Crippen molar-refractivity contribution in [1.29, 1.82) is 0 Å². The highest BCUT2D eigenvalue weighted by molar-refractivity contribution is 5.90. The van der Waals surface area contributed by atoms with E-state index < -0.39 is 71.6 Å². The number of fused-ring (bicyclic) bond motifs is 1. The van der Waals surface area contributed by atoms with Crippen molar-refractivity contribution < 1.29 is 58.6 Å². The van der Waals surface area contributed by atoms with Crippen LogP contribution in [0.25, 0.3) is 0 Å². The predicted molar refractivity (Wildman–Crippen MR) is 136 cm³/mol. The number of hydrogen-bond acceptors (Lipinski definition) is 4. The van der Waals surface area contributed by atoms with E-state index in [1.54, 1.807) is 13.8 Å². The fourth-order valence-corrected chi connectivity index (χ4v) is 5.11. The Hall–Kier alpha value is -3.65. The van der Waals surface area contributed by atoms with Gasteiger partial charge in [-0.2, -0.15) is 39.5 Å². The van der Waals surface area contributed by atoms with Crippen LogP contribution >= 0.6 is 0 Å². The topological polar surface area (TPSA) is 59.1 Å². The van der Waals surface area contributed by atoms with Crippen molar-refractivity contribution in [3.8, 4) is 0 Å². The van der Waals surface area contributed by atoms with Crippen LogP contribution in [0.5, 0.6) is 0 Å². The summed E-state index contributed by atoms with van der Waals surface area (Å²) in [6, 6.07) is 1.11. The lowest BCUT2D eigenvalue weighted by Crippen LogP contribution is -2.49. The lowest BCUT2D eigenvalue weighted by Gasteiger charge is -2.44. The molecule has 0 saturated carbocycles. The first-order chi connectivity index (χ1) is 19.8. The molecule has 2 aromatic carbocycles. The molecule has 0 spiro atoms. The number of alkyl halides is 9. The molecule has 6 nitrogen and oxygen atoms in total. The molecule has 1 heterocycles. The van der Waals surface area contributed by atoms with Crippen molar-refractivity contribution in [2.75, 3.05) is 18.6 Å². The smallest absolute Gasteiger partial charge is 0.416 e. The third-order valence-electron chi connectivity index (χ3n) is 6.83. The van der Waals surface area contributed by atoms with Gasteiger partial charge in [0.05, 0.1) is 42.1 Å². The number of benzene rings is 2. The molecule has 2 atom stereocenters. The fraction of sp³-hybridized carbons (Fsp3) is 0.500. The zero-order chi connectivity index (χ0) is 32.5. The van der Waals surface area contributed by atoms with Gasteiger partial charge in [0.25, 0.3) is 0 Å². The molecular formula is C28H29F9N2O4. The average Bonchev–Trinajstić information content (AvgIpc) is 2.88. The summed E-state index contributed by atoms with van der Waals surface area (Å²) in [5, 5.41) is 0. The maximum absolute atomic E-state index is 13.8. The van der Waals surface area contributed by atoms with Gasteiger partial charge in [0.1, 0.15) is 0 Å². The SMILES string of the molecule is CCOC(=O)N1c2ccc(C(F)(F)F)cc2[C@H](N(Cc2cc(C(F)(F)F)cc(C(F)(F)F)c2)C(=O)OC)C[C@@H]1CC(C)C. The van der Waals surface area contributed by atoms with Crippen molar-refractivity contribution in [1.82, 2.24) is 4.90 Å². The Labute approximate surface area is 241 Å². The van der Waals surface area contributed by atoms with Crippen molar-refractivity contribution in [2.24, 2.45) is 5.92 Å². The molecule has 0 aromatic heterocycles. The van der Waals surface area contributed by atoms with Crippen LogP contribution in [0.4, 0.5) is 54.8 Å². The molecule has 2 amide bonds. The highest BCUT2D eigenvalue weighted by Crippen LogP contribution is 2.46. The second-order valence-corrected chi connectivity index (χ2v) is 10.4. The third kappa shape index (κ3) is 7.85. The van der Waals surface area contributed by atoms with Crippen LogP contribution in [-0.4, -0.2) is 36.8 Å². The van der Waals surface area contributed by atoms with Crippen LogP contribution in [0, 0.1) is 5.92 Å². The molecule has 3 rings (SSSR count). The van der Waals surface area contributed by atoms with E-state index >= 15 is 0 Å². The third-order valence-corrected chi connectivity index (χ3v) is 6.83. The molecule has 1 aliphatic rings. The molecule has 238 valence electrons. The molecule has 15 heteroatoms. The average molecular weight is 629 g/mol. The largest absolute Gasteiger partial charge is 0.453 e. The van der Waals surface area contributed by atoms with Crippen molar-refractivity contribution in [3.05, 3.63) is 64.2 Å². The number of nitrogens with zero attached hydrogens (tertiary/aromatic N) is 2. The summed E-state index contributed by atoms with van der Waals surface area (Å²) in [5.74, 6) is -0.0806. The van der Waals surface area contributed by atoms with Gasteiger partial charge >= 0.3 is 30.7 Å². The van der Waals surface area contributed by atoms with Gasteiger partial charge in [0, 0.05) is 12.6 Å². The molecule has 0 N–H and O–H groups in total. The van der Waals surface area contributed by atoms with E-state index in [0.717, 1.165) is 29.0 Å². The lowest BCUT2D eigenvalue weighted by atomic mass is 9.85. The van der Waals surface area contributed by atoms with Crippen molar-refractivity contribution >= 4 is 17.9 Å². The standard InChI is InChI=1S/C28H29F9N2O4/c1-5-43-25(41)39-20(8-15(2)3)13-23(21-12-17(26(29,30)31)6-7-22(21)39)38(24(40)42-4)14-16-9-18(27(32,33)34)11-19(10-16)28(35,36)37/h6-7,9-12,15,20,23H,5,8,13-14H2,1-4H3/t20-,23+/m0/s1. The molecule has 1 aliphatic heterocycles. The normalized spacial score (nSPS) is 17.5. The Morgan fingerprint density at radius 2 is 1.47 bits per heavy atom. The van der Waals surface area contributed by atoms with Gasteiger partial charge in [-0.3, -0.25) is 9.80 Å². The summed E-state index contributed by atoms with van der Waals surface area (Å²) in [6.45, 7) is 4.20. The molecule has 0 aliphatic carbocycles. The zero-order valence-electron chi connectivity index (χ0n) is 23.5. The van der Waals surface area contributed by atoms with Crippen LogP contribution < -0.4 is 4.90 Å². The first kappa shape index (κ1) is 33.8. The first-order valence-corrected chi connectivity index (χ1v) is 13.1. The van der Waals surface area contributed by atoms with E-state index in [1.165, 1.54) is 6.92 Å². The number of rotatable bonds is 6. The number of hydrogen-bond donors (Lipinski definition) is 0. The molecule has 0 fully saturated rings. The molecule has 0 unspecified atom stereocenters. The molecular weight excluding hydrogens is 599 g/mol. The monoisotopic (exact) mass is 628 g/mol. The maximum Gasteiger partial charge on any atom is 0.416 e. The number of carbonyl (C=O) groups is 2. The van der Waals surface area contributed by atoms with E-state index in [-0.39, 0.29) is 42.7 Å². The minimum Gasteiger partial charge on any atom is -0.453 e. The number of carbonyl (C=O) groups excluding carboxylic acids is 2. The van der Waals surface area contributed by atoms with Gasteiger partial charge in [-0.1, -0.05) is 13.8 Å². The fourth-order valence-electron chi connectivity index (χ4n) is 5.11. The highest BCUT2D eigenvalue weighted by Gasteiger charge is 2.44. The minimum absolute atomic E-state index is 0.0534. The Kier molecular flexibility index (Phi) is 9.86. The summed E-state index contributed by atoms with van der Waals surface area (Å²) in [4.78, 5) is 28.0. The van der Waals surface area contributed by atoms with E-state index in [9.17, 15) is 49.1 Å². The van der Waals surface area contributed by atoms with Crippen LogP contribution in [0.2, 0.25) is 0 Å². The first-order valence-electron chi connectivity index (χ1n) is 13.1. The molecule has 0 radical (unpaired) electrons. The summed E-state index contributed by atoms with van der Waals surface area (Å²) < 4.78 is 132. The lowest BCUT2D eigenvalue weighted by molar-refractivity contribution is -0.143. The van der Waals surface area contributed by atoms with Crippen LogP contribution in [0.15, 0.2) is 36.4 Å². The maximum atomic E-state index is 13.8. The zero-order valence-corrected chi connectivity index (χ0v) is 23.5. The van der Waals surface area contributed by atoms with Crippen LogP contribution in [-0.2, 0) is 34.5 Å². The minimum atomic E-state index is -5.17. The Balaban J connectivity index is 2.26. The van der Waals surface area contributed by atoms with Crippen LogP contribution in [0.1, 0.15) is 67.5 Å². The molecule has 43 heavy (non-hydrogen) atoms. The number of amides is 2. The van der Waals surface area contributed by atoms with E-state index in [0.29, 0.717) is 18.2 Å². The second kappa shape index (κ2) is 12.5. The summed E-state index contributed by atoms with van der Waals surface area (Å²) in [7, 11) is 0.912.